The highest BCUT2D eigenvalue weighted by atomic mass is 32.2. The summed E-state index contributed by atoms with van der Waals surface area (Å²) in [5, 5.41) is 12.5. The molecule has 18 heavy (non-hydrogen) atoms. The van der Waals surface area contributed by atoms with E-state index in [1.54, 1.807) is 19.9 Å². The topological polar surface area (TPSA) is 82.2 Å². The second-order valence-corrected chi connectivity index (χ2v) is 5.36. The maximum atomic E-state index is 11.8. The van der Waals surface area contributed by atoms with Crippen LogP contribution in [0.5, 0.6) is 0 Å². The van der Waals surface area contributed by atoms with Crippen LogP contribution >= 0.6 is 11.8 Å². The molecule has 0 fully saturated rings. The van der Waals surface area contributed by atoms with Gasteiger partial charge < -0.3 is 15.4 Å². The average Bonchev–Trinajstić information content (AvgIpc) is 2.26. The molecular weight excluding hydrogens is 252 g/mol. The van der Waals surface area contributed by atoms with Crippen LogP contribution in [0.3, 0.4) is 0 Å². The fraction of sp³-hybridized carbons (Fsp3) is 0.500. The van der Waals surface area contributed by atoms with Gasteiger partial charge in [-0.15, -0.1) is 0 Å². The lowest BCUT2D eigenvalue weighted by Crippen LogP contribution is -2.43. The van der Waals surface area contributed by atoms with Gasteiger partial charge in [0, 0.05) is 18.0 Å². The van der Waals surface area contributed by atoms with Gasteiger partial charge in [0.2, 0.25) is 0 Å². The molecule has 1 aromatic rings. The van der Waals surface area contributed by atoms with Gasteiger partial charge in [0.15, 0.2) is 0 Å². The summed E-state index contributed by atoms with van der Waals surface area (Å²) in [7, 11) is 0. The molecule has 1 heterocycles. The number of carbonyl (C=O) groups excluding carboxylic acids is 1. The van der Waals surface area contributed by atoms with Crippen LogP contribution in [-0.4, -0.2) is 40.2 Å². The van der Waals surface area contributed by atoms with E-state index in [1.807, 2.05) is 6.26 Å². The molecule has 1 unspecified atom stereocenters. The van der Waals surface area contributed by atoms with E-state index in [4.69, 9.17) is 0 Å². The van der Waals surface area contributed by atoms with Crippen molar-refractivity contribution in [2.75, 3.05) is 18.6 Å². The van der Waals surface area contributed by atoms with Gasteiger partial charge in [0.25, 0.3) is 11.5 Å². The Labute approximate surface area is 110 Å². The van der Waals surface area contributed by atoms with Crippen molar-refractivity contribution in [2.45, 2.75) is 19.4 Å². The first-order valence-electron chi connectivity index (χ1n) is 5.55. The molecule has 1 aromatic heterocycles. The summed E-state index contributed by atoms with van der Waals surface area (Å²) in [6.07, 6.45) is 1.88. The molecule has 5 nitrogen and oxygen atoms in total. The Bertz CT molecular complexity index is 482. The van der Waals surface area contributed by atoms with Crippen LogP contribution in [0.4, 0.5) is 0 Å². The van der Waals surface area contributed by atoms with E-state index in [9.17, 15) is 14.7 Å². The molecule has 0 spiro atoms. The van der Waals surface area contributed by atoms with Crippen molar-refractivity contribution in [3.63, 3.8) is 0 Å². The van der Waals surface area contributed by atoms with E-state index >= 15 is 0 Å². The van der Waals surface area contributed by atoms with E-state index in [0.29, 0.717) is 11.4 Å². The normalized spacial score (nSPS) is 14.0. The lowest BCUT2D eigenvalue weighted by atomic mass is 10.1. The van der Waals surface area contributed by atoms with E-state index < -0.39 is 17.1 Å². The maximum absolute atomic E-state index is 11.8. The first kappa shape index (κ1) is 14.8. The lowest BCUT2D eigenvalue weighted by molar-refractivity contribution is 0.0724. The largest absolute Gasteiger partial charge is 0.387 e. The minimum atomic E-state index is -0.980. The van der Waals surface area contributed by atoms with Gasteiger partial charge in [-0.3, -0.25) is 9.59 Å². The Kier molecular flexibility index (Phi) is 4.98. The van der Waals surface area contributed by atoms with Gasteiger partial charge >= 0.3 is 0 Å². The third-order valence-electron chi connectivity index (χ3n) is 2.39. The van der Waals surface area contributed by atoms with Crippen LogP contribution in [0.2, 0.25) is 0 Å². The number of aromatic nitrogens is 1. The molecule has 3 N–H and O–H groups in total. The molecule has 1 amide bonds. The number of rotatable bonds is 5. The lowest BCUT2D eigenvalue weighted by Gasteiger charge is -2.22. The predicted molar refractivity (Wildman–Crippen MR) is 73.1 cm³/mol. The summed E-state index contributed by atoms with van der Waals surface area (Å²) < 4.78 is 0. The fourth-order valence-electron chi connectivity index (χ4n) is 1.48. The minimum absolute atomic E-state index is 0.0561. The quantitative estimate of drug-likeness (QED) is 0.729. The van der Waals surface area contributed by atoms with Gasteiger partial charge in [-0.25, -0.2) is 0 Å². The number of H-pyrrole nitrogens is 1. The van der Waals surface area contributed by atoms with Crippen molar-refractivity contribution in [1.29, 1.82) is 0 Å². The van der Waals surface area contributed by atoms with Gasteiger partial charge in [-0.05, 0) is 32.2 Å². The van der Waals surface area contributed by atoms with Crippen LogP contribution in [0.15, 0.2) is 16.9 Å². The average molecular weight is 270 g/mol. The number of hydrogen-bond acceptors (Lipinski definition) is 4. The van der Waals surface area contributed by atoms with E-state index in [2.05, 4.69) is 10.3 Å². The predicted octanol–water partition coefficient (Wildman–Crippen LogP) is 0.527. The zero-order valence-electron chi connectivity index (χ0n) is 10.7. The number of pyridine rings is 1. The van der Waals surface area contributed by atoms with Crippen molar-refractivity contribution in [2.24, 2.45) is 0 Å². The highest BCUT2D eigenvalue weighted by Gasteiger charge is 2.21. The number of nitrogens with one attached hydrogen (secondary N) is 2. The van der Waals surface area contributed by atoms with Gasteiger partial charge in [-0.2, -0.15) is 11.8 Å². The Morgan fingerprint density at radius 1 is 1.56 bits per heavy atom. The van der Waals surface area contributed by atoms with Crippen LogP contribution in [0.1, 0.15) is 23.0 Å². The Morgan fingerprint density at radius 2 is 2.22 bits per heavy atom. The smallest absolute Gasteiger partial charge is 0.260 e. The first-order chi connectivity index (χ1) is 8.35. The van der Waals surface area contributed by atoms with Crippen molar-refractivity contribution in [1.82, 2.24) is 10.3 Å². The van der Waals surface area contributed by atoms with Gasteiger partial charge in [0.1, 0.15) is 5.56 Å². The Balaban J connectivity index is 2.69. The Morgan fingerprint density at radius 3 is 2.78 bits per heavy atom. The molecular formula is C12H18N2O3S. The SMILES string of the molecule is CSCC(C)(O)CNC(=O)c1ccc(C)[nH]c1=O. The molecule has 0 bridgehead atoms. The van der Waals surface area contributed by atoms with Crippen molar-refractivity contribution < 1.29 is 9.90 Å². The number of aliphatic hydroxyl groups is 1. The number of amides is 1. The molecule has 0 aliphatic carbocycles. The summed E-state index contributed by atoms with van der Waals surface area (Å²) in [5.41, 5.74) is -0.643. The number of carbonyl (C=O) groups is 1. The second-order valence-electron chi connectivity index (χ2n) is 4.50. The van der Waals surface area contributed by atoms with E-state index in [0.717, 1.165) is 0 Å². The summed E-state index contributed by atoms with van der Waals surface area (Å²) in [5.74, 6) is 0.0370. The standard InChI is InChI=1S/C12H18N2O3S/c1-8-4-5-9(11(16)14-8)10(15)13-6-12(2,17)7-18-3/h4-5,17H,6-7H2,1-3H3,(H,13,15)(H,14,16). The Hall–Kier alpha value is -1.27. The molecule has 100 valence electrons. The monoisotopic (exact) mass is 270 g/mol. The van der Waals surface area contributed by atoms with Crippen LogP contribution in [0.25, 0.3) is 0 Å². The van der Waals surface area contributed by atoms with Crippen LogP contribution < -0.4 is 10.9 Å². The number of aryl methyl sites for hydroxylation is 1. The highest BCUT2D eigenvalue weighted by molar-refractivity contribution is 7.98. The van der Waals surface area contributed by atoms with Gasteiger partial charge in [0.05, 0.1) is 5.60 Å². The zero-order chi connectivity index (χ0) is 13.8. The zero-order valence-corrected chi connectivity index (χ0v) is 11.6. The summed E-state index contributed by atoms with van der Waals surface area (Å²) >= 11 is 1.49. The second kappa shape index (κ2) is 6.06. The number of thioether (sulfide) groups is 1. The first-order valence-corrected chi connectivity index (χ1v) is 6.94. The molecule has 0 aliphatic rings. The summed E-state index contributed by atoms with van der Waals surface area (Å²) in [6, 6.07) is 3.14. The van der Waals surface area contributed by atoms with Crippen molar-refractivity contribution >= 4 is 17.7 Å². The van der Waals surface area contributed by atoms with Gasteiger partial charge in [-0.1, -0.05) is 0 Å². The third-order valence-corrected chi connectivity index (χ3v) is 3.30. The molecule has 1 atom stereocenters. The molecule has 0 saturated carbocycles. The van der Waals surface area contributed by atoms with E-state index in [-0.39, 0.29) is 12.1 Å². The molecule has 1 rings (SSSR count). The molecule has 0 aliphatic heterocycles. The maximum Gasteiger partial charge on any atom is 0.260 e. The molecule has 0 radical (unpaired) electrons. The minimum Gasteiger partial charge on any atom is -0.387 e. The van der Waals surface area contributed by atoms with Crippen molar-refractivity contribution in [3.8, 4) is 0 Å². The summed E-state index contributed by atoms with van der Waals surface area (Å²) in [4.78, 5) is 25.9. The van der Waals surface area contributed by atoms with Crippen LogP contribution in [-0.2, 0) is 0 Å². The third kappa shape index (κ3) is 4.19. The number of hydrogen-bond donors (Lipinski definition) is 3. The van der Waals surface area contributed by atoms with E-state index in [1.165, 1.54) is 17.8 Å². The molecule has 6 heteroatoms. The fourth-order valence-corrected chi connectivity index (χ4v) is 2.20. The van der Waals surface area contributed by atoms with Crippen LogP contribution in [0, 0.1) is 6.92 Å². The molecule has 0 aromatic carbocycles. The highest BCUT2D eigenvalue weighted by Crippen LogP contribution is 2.09. The summed E-state index contributed by atoms with van der Waals surface area (Å²) in [6.45, 7) is 3.50. The molecule has 0 saturated heterocycles. The number of aromatic amines is 1. The van der Waals surface area contributed by atoms with Crippen molar-refractivity contribution in [3.05, 3.63) is 33.7 Å².